The number of likely N-dealkylation sites (N-methyl/N-ethyl adjacent to an activating group) is 1. The Balaban J connectivity index is 2.48. The van der Waals surface area contributed by atoms with E-state index in [-0.39, 0.29) is 12.6 Å². The van der Waals surface area contributed by atoms with Crippen LogP contribution in [0.15, 0.2) is 30.5 Å². The minimum Gasteiger partial charge on any atom is -0.395 e. The van der Waals surface area contributed by atoms with E-state index in [0.717, 1.165) is 5.56 Å². The van der Waals surface area contributed by atoms with Crippen molar-refractivity contribution in [3.05, 3.63) is 41.1 Å². The molecule has 0 saturated heterocycles. The molecule has 0 heterocycles. The number of hydrogen-bond acceptors (Lipinski definition) is 2. The van der Waals surface area contributed by atoms with E-state index in [0.29, 0.717) is 18.1 Å². The normalized spacial score (nSPS) is 10.6. The summed E-state index contributed by atoms with van der Waals surface area (Å²) in [6, 6.07) is 7.06. The number of aliphatic hydroxyl groups is 1. The zero-order chi connectivity index (χ0) is 13.4. The van der Waals surface area contributed by atoms with Gasteiger partial charge in [-0.15, -0.1) is 0 Å². The van der Waals surface area contributed by atoms with Crippen LogP contribution in [-0.4, -0.2) is 35.7 Å². The molecule has 4 nitrogen and oxygen atoms in total. The summed E-state index contributed by atoms with van der Waals surface area (Å²) in [4.78, 5) is 13.2. The van der Waals surface area contributed by atoms with Gasteiger partial charge in [0.05, 0.1) is 6.61 Å². The van der Waals surface area contributed by atoms with E-state index in [4.69, 9.17) is 16.7 Å². The highest BCUT2D eigenvalue weighted by atomic mass is 35.5. The first kappa shape index (κ1) is 14.5. The number of halogens is 1. The van der Waals surface area contributed by atoms with Gasteiger partial charge in [-0.1, -0.05) is 23.7 Å². The summed E-state index contributed by atoms with van der Waals surface area (Å²) in [5.41, 5.74) is 0.949. The molecule has 0 aromatic heterocycles. The third kappa shape index (κ3) is 4.77. The van der Waals surface area contributed by atoms with E-state index >= 15 is 0 Å². The minimum atomic E-state index is -0.225. The van der Waals surface area contributed by atoms with Crippen molar-refractivity contribution in [1.82, 2.24) is 10.2 Å². The fourth-order valence-corrected chi connectivity index (χ4v) is 1.52. The lowest BCUT2D eigenvalue weighted by Gasteiger charge is -2.18. The van der Waals surface area contributed by atoms with Crippen LogP contribution < -0.4 is 5.32 Å². The van der Waals surface area contributed by atoms with E-state index in [1.165, 1.54) is 4.90 Å². The van der Waals surface area contributed by atoms with Gasteiger partial charge in [0.15, 0.2) is 0 Å². The lowest BCUT2D eigenvalue weighted by atomic mass is 10.2. The number of amides is 2. The highest BCUT2D eigenvalue weighted by Crippen LogP contribution is 2.10. The summed E-state index contributed by atoms with van der Waals surface area (Å²) in [5.74, 6) is 0. The number of rotatable bonds is 5. The molecule has 0 aliphatic carbocycles. The van der Waals surface area contributed by atoms with Gasteiger partial charge in [0.25, 0.3) is 0 Å². The molecule has 2 N–H and O–H groups in total. The molecule has 2 amide bonds. The number of carbonyl (C=O) groups is 1. The third-order valence-electron chi connectivity index (χ3n) is 2.39. The minimum absolute atomic E-state index is 0.0395. The summed E-state index contributed by atoms with van der Waals surface area (Å²) < 4.78 is 0. The molecule has 18 heavy (non-hydrogen) atoms. The van der Waals surface area contributed by atoms with Crippen molar-refractivity contribution < 1.29 is 9.90 Å². The van der Waals surface area contributed by atoms with Crippen molar-refractivity contribution in [2.24, 2.45) is 0 Å². The molecule has 0 aliphatic heterocycles. The van der Waals surface area contributed by atoms with Crippen molar-refractivity contribution in [1.29, 1.82) is 0 Å². The fraction of sp³-hybridized carbons (Fsp3) is 0.308. The van der Waals surface area contributed by atoms with Crippen molar-refractivity contribution in [3.8, 4) is 0 Å². The molecule has 98 valence electrons. The molecule has 1 aromatic carbocycles. The molecule has 1 aromatic rings. The molecule has 0 spiro atoms. The van der Waals surface area contributed by atoms with Crippen molar-refractivity contribution >= 4 is 23.7 Å². The van der Waals surface area contributed by atoms with Crippen LogP contribution in [0.5, 0.6) is 0 Å². The highest BCUT2D eigenvalue weighted by molar-refractivity contribution is 6.30. The van der Waals surface area contributed by atoms with E-state index in [1.54, 1.807) is 24.4 Å². The van der Waals surface area contributed by atoms with Crippen LogP contribution in [0.1, 0.15) is 12.5 Å². The maximum atomic E-state index is 11.6. The second kappa shape index (κ2) is 7.74. The van der Waals surface area contributed by atoms with Crippen molar-refractivity contribution in [3.63, 3.8) is 0 Å². The SMILES string of the molecule is CCN(CCO)C(=O)N/C=C/c1ccc(Cl)cc1. The Morgan fingerprint density at radius 1 is 1.44 bits per heavy atom. The molecule has 0 aliphatic rings. The predicted octanol–water partition coefficient (Wildman–Crippen LogP) is 2.33. The number of aliphatic hydroxyl groups excluding tert-OH is 1. The van der Waals surface area contributed by atoms with E-state index in [9.17, 15) is 4.79 Å². The van der Waals surface area contributed by atoms with E-state index in [1.807, 2.05) is 19.1 Å². The summed E-state index contributed by atoms with van der Waals surface area (Å²) in [7, 11) is 0. The van der Waals surface area contributed by atoms with Crippen LogP contribution in [0, 0.1) is 0 Å². The van der Waals surface area contributed by atoms with Crippen LogP contribution in [0.3, 0.4) is 0 Å². The first-order valence-corrected chi connectivity index (χ1v) is 6.13. The van der Waals surface area contributed by atoms with E-state index in [2.05, 4.69) is 5.32 Å². The smallest absolute Gasteiger partial charge is 0.321 e. The number of benzene rings is 1. The summed E-state index contributed by atoms with van der Waals surface area (Å²) in [5, 5.41) is 12.1. The largest absolute Gasteiger partial charge is 0.395 e. The number of nitrogens with zero attached hydrogens (tertiary/aromatic N) is 1. The molecule has 0 unspecified atom stereocenters. The first-order valence-electron chi connectivity index (χ1n) is 5.75. The summed E-state index contributed by atoms with van der Waals surface area (Å²) in [6.07, 6.45) is 3.35. The maximum Gasteiger partial charge on any atom is 0.321 e. The lowest BCUT2D eigenvalue weighted by molar-refractivity contribution is 0.183. The monoisotopic (exact) mass is 268 g/mol. The molecular formula is C13H17ClN2O2. The summed E-state index contributed by atoms with van der Waals surface area (Å²) in [6.45, 7) is 2.71. The first-order chi connectivity index (χ1) is 8.67. The van der Waals surface area contributed by atoms with Crippen molar-refractivity contribution in [2.75, 3.05) is 19.7 Å². The van der Waals surface area contributed by atoms with Gasteiger partial charge in [-0.2, -0.15) is 0 Å². The Morgan fingerprint density at radius 2 is 2.11 bits per heavy atom. The number of carbonyl (C=O) groups excluding carboxylic acids is 1. The van der Waals surface area contributed by atoms with Gasteiger partial charge in [0.2, 0.25) is 0 Å². The van der Waals surface area contributed by atoms with Crippen LogP contribution in [-0.2, 0) is 0 Å². The number of hydrogen-bond donors (Lipinski definition) is 2. The average Bonchev–Trinajstić information content (AvgIpc) is 2.38. The third-order valence-corrected chi connectivity index (χ3v) is 2.64. The molecule has 1 rings (SSSR count). The molecule has 0 saturated carbocycles. The number of urea groups is 1. The Bertz CT molecular complexity index is 404. The molecule has 0 fully saturated rings. The highest BCUT2D eigenvalue weighted by Gasteiger charge is 2.07. The van der Waals surface area contributed by atoms with Crippen LogP contribution in [0.25, 0.3) is 6.08 Å². The summed E-state index contributed by atoms with van der Waals surface area (Å²) >= 11 is 5.77. The topological polar surface area (TPSA) is 52.6 Å². The van der Waals surface area contributed by atoms with Crippen LogP contribution in [0.4, 0.5) is 4.79 Å². The average molecular weight is 269 g/mol. The van der Waals surface area contributed by atoms with E-state index < -0.39 is 0 Å². The van der Waals surface area contributed by atoms with Gasteiger partial charge in [-0.3, -0.25) is 0 Å². The van der Waals surface area contributed by atoms with Crippen LogP contribution in [0.2, 0.25) is 5.02 Å². The predicted molar refractivity (Wildman–Crippen MR) is 73.4 cm³/mol. The Morgan fingerprint density at radius 3 is 2.67 bits per heavy atom. The zero-order valence-corrected chi connectivity index (χ0v) is 11.0. The Kier molecular flexibility index (Phi) is 6.25. The maximum absolute atomic E-state index is 11.6. The molecule has 0 bridgehead atoms. The lowest BCUT2D eigenvalue weighted by Crippen LogP contribution is -2.39. The quantitative estimate of drug-likeness (QED) is 0.861. The molecular weight excluding hydrogens is 252 g/mol. The standard InChI is InChI=1S/C13H17ClN2O2/c1-2-16(9-10-17)13(18)15-8-7-11-3-5-12(14)6-4-11/h3-8,17H,2,9-10H2,1H3,(H,15,18)/b8-7+. The van der Waals surface area contributed by atoms with Gasteiger partial charge >= 0.3 is 6.03 Å². The Labute approximate surface area is 112 Å². The van der Waals surface area contributed by atoms with Gasteiger partial charge in [0, 0.05) is 24.3 Å². The molecule has 5 heteroatoms. The second-order valence-electron chi connectivity index (χ2n) is 3.64. The van der Waals surface area contributed by atoms with Gasteiger partial charge in [-0.05, 0) is 30.7 Å². The van der Waals surface area contributed by atoms with Gasteiger partial charge in [0.1, 0.15) is 0 Å². The van der Waals surface area contributed by atoms with Gasteiger partial charge in [-0.25, -0.2) is 4.79 Å². The van der Waals surface area contributed by atoms with Crippen molar-refractivity contribution in [2.45, 2.75) is 6.92 Å². The fourth-order valence-electron chi connectivity index (χ4n) is 1.40. The molecule has 0 radical (unpaired) electrons. The second-order valence-corrected chi connectivity index (χ2v) is 4.07. The zero-order valence-electron chi connectivity index (χ0n) is 10.3. The number of nitrogens with one attached hydrogen (secondary N) is 1. The Hall–Kier alpha value is -1.52. The molecule has 0 atom stereocenters. The van der Waals surface area contributed by atoms with Crippen LogP contribution >= 0.6 is 11.6 Å². The van der Waals surface area contributed by atoms with Gasteiger partial charge < -0.3 is 15.3 Å².